The predicted molar refractivity (Wildman–Crippen MR) is 110 cm³/mol. The van der Waals surface area contributed by atoms with Crippen LogP contribution in [0.3, 0.4) is 0 Å². The lowest BCUT2D eigenvalue weighted by molar-refractivity contribution is -0.127. The molecular formula is C23H28N2O3. The first-order chi connectivity index (χ1) is 13.5. The van der Waals surface area contributed by atoms with Crippen molar-refractivity contribution in [2.45, 2.75) is 38.8 Å². The van der Waals surface area contributed by atoms with Crippen molar-refractivity contribution in [2.75, 3.05) is 13.2 Å². The topological polar surface area (TPSA) is 70.9 Å². The summed E-state index contributed by atoms with van der Waals surface area (Å²) in [6, 6.07) is 19.6. The van der Waals surface area contributed by atoms with E-state index in [1.54, 1.807) is 0 Å². The second-order valence-electron chi connectivity index (χ2n) is 7.76. The molecule has 1 heterocycles. The Morgan fingerprint density at radius 2 is 1.75 bits per heavy atom. The number of ether oxygens (including phenoxy) is 1. The lowest BCUT2D eigenvalue weighted by atomic mass is 9.91. The second-order valence-corrected chi connectivity index (χ2v) is 7.76. The van der Waals surface area contributed by atoms with Gasteiger partial charge in [-0.3, -0.25) is 4.79 Å². The third-order valence-corrected chi connectivity index (χ3v) is 5.01. The van der Waals surface area contributed by atoms with E-state index < -0.39 is 5.41 Å². The number of aliphatic imine (C=N–C) groups is 1. The number of carbonyl (C=O) groups is 1. The first kappa shape index (κ1) is 20.1. The minimum Gasteiger partial charge on any atom is -0.478 e. The molecule has 0 spiro atoms. The number of nitrogens with one attached hydrogen (secondary N) is 1. The highest BCUT2D eigenvalue weighted by Crippen LogP contribution is 2.25. The molecule has 0 aromatic heterocycles. The molecule has 2 aromatic rings. The van der Waals surface area contributed by atoms with E-state index in [0.29, 0.717) is 18.9 Å². The summed E-state index contributed by atoms with van der Waals surface area (Å²) >= 11 is 0. The van der Waals surface area contributed by atoms with Gasteiger partial charge in [0.15, 0.2) is 5.90 Å². The Labute approximate surface area is 166 Å². The van der Waals surface area contributed by atoms with Gasteiger partial charge in [-0.2, -0.15) is 0 Å². The van der Waals surface area contributed by atoms with E-state index in [-0.39, 0.29) is 24.6 Å². The highest BCUT2D eigenvalue weighted by atomic mass is 16.5. The Morgan fingerprint density at radius 3 is 2.36 bits per heavy atom. The molecule has 28 heavy (non-hydrogen) atoms. The van der Waals surface area contributed by atoms with Crippen LogP contribution in [0.15, 0.2) is 65.7 Å². The van der Waals surface area contributed by atoms with Crippen LogP contribution in [-0.4, -0.2) is 42.2 Å². The van der Waals surface area contributed by atoms with Gasteiger partial charge in [0.2, 0.25) is 5.91 Å². The molecule has 3 rings (SSSR count). The smallest absolute Gasteiger partial charge is 0.235 e. The van der Waals surface area contributed by atoms with Crippen LogP contribution in [-0.2, 0) is 22.4 Å². The molecule has 2 aromatic carbocycles. The van der Waals surface area contributed by atoms with E-state index in [4.69, 9.17) is 4.74 Å². The quantitative estimate of drug-likeness (QED) is 0.740. The fraction of sp³-hybridized carbons (Fsp3) is 0.391. The zero-order valence-corrected chi connectivity index (χ0v) is 16.5. The van der Waals surface area contributed by atoms with Crippen molar-refractivity contribution >= 4 is 11.8 Å². The molecule has 0 saturated heterocycles. The Bertz CT molecular complexity index is 803. The number of aliphatic hydroxyl groups is 1. The van der Waals surface area contributed by atoms with Gasteiger partial charge in [0.05, 0.1) is 18.7 Å². The molecular weight excluding hydrogens is 352 g/mol. The fourth-order valence-electron chi connectivity index (χ4n) is 3.27. The molecule has 1 aliphatic heterocycles. The molecule has 1 amide bonds. The summed E-state index contributed by atoms with van der Waals surface area (Å²) in [5.74, 6) is 0.268. The van der Waals surface area contributed by atoms with Crippen LogP contribution >= 0.6 is 0 Å². The number of carbonyl (C=O) groups excluding carboxylic acids is 1. The average Bonchev–Trinajstić information content (AvgIpc) is 3.18. The molecule has 5 nitrogen and oxygen atoms in total. The minimum absolute atomic E-state index is 0.0161. The molecule has 0 saturated carbocycles. The monoisotopic (exact) mass is 380 g/mol. The van der Waals surface area contributed by atoms with Gasteiger partial charge in [-0.15, -0.1) is 0 Å². The van der Waals surface area contributed by atoms with Crippen LogP contribution in [0.2, 0.25) is 0 Å². The summed E-state index contributed by atoms with van der Waals surface area (Å²) in [7, 11) is 0. The molecule has 0 radical (unpaired) electrons. The third-order valence-electron chi connectivity index (χ3n) is 5.01. The maximum absolute atomic E-state index is 12.9. The van der Waals surface area contributed by atoms with Gasteiger partial charge in [0.1, 0.15) is 12.0 Å². The van der Waals surface area contributed by atoms with Crippen molar-refractivity contribution < 1.29 is 14.6 Å². The summed E-state index contributed by atoms with van der Waals surface area (Å²) in [5, 5.41) is 12.6. The first-order valence-electron chi connectivity index (χ1n) is 9.70. The Balaban J connectivity index is 1.62. The van der Waals surface area contributed by atoms with E-state index >= 15 is 0 Å². The summed E-state index contributed by atoms with van der Waals surface area (Å²) in [6.45, 7) is 3.97. The zero-order valence-electron chi connectivity index (χ0n) is 16.5. The van der Waals surface area contributed by atoms with Crippen molar-refractivity contribution in [1.29, 1.82) is 0 Å². The molecule has 5 heteroatoms. The van der Waals surface area contributed by atoms with Gasteiger partial charge in [-0.25, -0.2) is 4.99 Å². The van der Waals surface area contributed by atoms with Gasteiger partial charge < -0.3 is 15.2 Å². The second kappa shape index (κ2) is 9.02. The average molecular weight is 380 g/mol. The van der Waals surface area contributed by atoms with Gasteiger partial charge in [-0.1, -0.05) is 60.7 Å². The van der Waals surface area contributed by atoms with Crippen molar-refractivity contribution in [3.05, 3.63) is 71.8 Å². The van der Waals surface area contributed by atoms with Crippen LogP contribution < -0.4 is 5.32 Å². The standard InChI is InChI=1S/C23H28N2O3/c1-23(2,21(27)24-19(15-26)13-17-9-5-3-6-10-17)22-25-20(16-28-22)14-18-11-7-4-8-12-18/h3-12,19-20,26H,13-16H2,1-2H3,(H,24,27)/t19-,20+/m0/s1. The number of rotatable bonds is 8. The van der Waals surface area contributed by atoms with Crippen molar-refractivity contribution in [1.82, 2.24) is 5.32 Å². The first-order valence-corrected chi connectivity index (χ1v) is 9.70. The predicted octanol–water partition coefficient (Wildman–Crippen LogP) is 2.77. The zero-order chi connectivity index (χ0) is 20.0. The van der Waals surface area contributed by atoms with Crippen LogP contribution in [0.1, 0.15) is 25.0 Å². The Morgan fingerprint density at radius 1 is 1.14 bits per heavy atom. The highest BCUT2D eigenvalue weighted by molar-refractivity contribution is 6.04. The lowest BCUT2D eigenvalue weighted by Gasteiger charge is -2.26. The van der Waals surface area contributed by atoms with E-state index in [2.05, 4.69) is 22.4 Å². The van der Waals surface area contributed by atoms with Crippen molar-refractivity contribution in [3.63, 3.8) is 0 Å². The Hall–Kier alpha value is -2.66. The maximum Gasteiger partial charge on any atom is 0.235 e. The summed E-state index contributed by atoms with van der Waals surface area (Å²) in [6.07, 6.45) is 1.36. The SMILES string of the molecule is CC(C)(C(=O)N[C@H](CO)Cc1ccccc1)C1=N[C@H](Cc2ccccc2)CO1. The van der Waals surface area contributed by atoms with Gasteiger partial charge in [0, 0.05) is 0 Å². The number of hydrogen-bond acceptors (Lipinski definition) is 4. The molecule has 0 aliphatic carbocycles. The third kappa shape index (κ3) is 4.98. The molecule has 2 N–H and O–H groups in total. The number of benzene rings is 2. The number of hydrogen-bond donors (Lipinski definition) is 2. The maximum atomic E-state index is 12.9. The van der Waals surface area contributed by atoms with Gasteiger partial charge in [0.25, 0.3) is 0 Å². The molecule has 0 bridgehead atoms. The van der Waals surface area contributed by atoms with Crippen molar-refractivity contribution in [3.8, 4) is 0 Å². The van der Waals surface area contributed by atoms with E-state index in [1.165, 1.54) is 5.56 Å². The number of aliphatic hydroxyl groups excluding tert-OH is 1. The van der Waals surface area contributed by atoms with Crippen LogP contribution in [0, 0.1) is 5.41 Å². The van der Waals surface area contributed by atoms with Crippen LogP contribution in [0.4, 0.5) is 0 Å². The number of amides is 1. The minimum atomic E-state index is -0.893. The molecule has 148 valence electrons. The lowest BCUT2D eigenvalue weighted by Crippen LogP contribution is -2.48. The van der Waals surface area contributed by atoms with Crippen molar-refractivity contribution in [2.24, 2.45) is 10.4 Å². The van der Waals surface area contributed by atoms with Crippen LogP contribution in [0.5, 0.6) is 0 Å². The van der Waals surface area contributed by atoms with Crippen LogP contribution in [0.25, 0.3) is 0 Å². The van der Waals surface area contributed by atoms with E-state index in [0.717, 1.165) is 12.0 Å². The summed E-state index contributed by atoms with van der Waals surface area (Å²) in [5.41, 5.74) is 1.37. The molecule has 0 unspecified atom stereocenters. The normalized spacial score (nSPS) is 17.5. The molecule has 1 aliphatic rings. The number of nitrogens with zero attached hydrogens (tertiary/aromatic N) is 1. The molecule has 2 atom stereocenters. The summed E-state index contributed by atoms with van der Waals surface area (Å²) < 4.78 is 5.78. The summed E-state index contributed by atoms with van der Waals surface area (Å²) in [4.78, 5) is 17.6. The van der Waals surface area contributed by atoms with E-state index in [1.807, 2.05) is 62.4 Å². The van der Waals surface area contributed by atoms with E-state index in [9.17, 15) is 9.90 Å². The highest BCUT2D eigenvalue weighted by Gasteiger charge is 2.39. The fourth-order valence-corrected chi connectivity index (χ4v) is 3.27. The Kier molecular flexibility index (Phi) is 6.47. The largest absolute Gasteiger partial charge is 0.478 e. The molecule has 0 fully saturated rings. The van der Waals surface area contributed by atoms with Gasteiger partial charge in [-0.05, 0) is 37.8 Å². The van der Waals surface area contributed by atoms with Gasteiger partial charge >= 0.3 is 0 Å².